The highest BCUT2D eigenvalue weighted by Gasteiger charge is 2.30. The molecule has 9 rings (SSSR count). The van der Waals surface area contributed by atoms with Gasteiger partial charge in [-0.2, -0.15) is 0 Å². The second-order valence-corrected chi connectivity index (χ2v) is 23.1. The van der Waals surface area contributed by atoms with Gasteiger partial charge in [0.2, 0.25) is 0 Å². The van der Waals surface area contributed by atoms with Crippen LogP contribution in [0.25, 0.3) is 0 Å². The largest absolute Gasteiger partial charge is 0.306 e. The molecule has 0 N–H and O–H groups in total. The molecule has 0 aromatic carbocycles. The zero-order valence-electron chi connectivity index (χ0n) is 45.9. The molecule has 7 heterocycles. The standard InChI is InChI=1S/C9H17N.C8H17N.2C7H15N.C7H14.C6H14N2.2C6H13N/c1-8-4-6-10(7-5-8)9-2-3-9;1-3-9-6-4-8(2)5-7-9;2*1-7-3-5-8(2)6-4-7;1-7-5-3-2-4-6-7;1-7-3-5-8(2)6-4-7;2*1-7-5-3-2-4-6-7/h8-9H,2-7H2,1H3;8H,3-7H2,1-2H3;2*7H,3-6H2,1-2H3;7H,2-6H2,1H3;3-6H2,1-2H3;2*2-6H2,1H3. The van der Waals surface area contributed by atoms with Gasteiger partial charge >= 0.3 is 0 Å². The Hall–Kier alpha value is -0.320. The monoisotopic (exact) mass is 903 g/mol. The van der Waals surface area contributed by atoms with Crippen molar-refractivity contribution in [3.8, 4) is 0 Å². The van der Waals surface area contributed by atoms with Crippen LogP contribution in [0.15, 0.2) is 0 Å². The van der Waals surface area contributed by atoms with Gasteiger partial charge in [0.15, 0.2) is 0 Å². The molecule has 0 unspecified atom stereocenters. The SMILES string of the molecule is CC1CCCCC1.CC1CCN(C)CC1.CC1CCN(C)CC1.CC1CCN(C2CC2)CC1.CCN1CCC(C)CC1.CN1CCCCC1.CN1CCCCC1.CN1CCN(C)CC1. The molecule has 0 aromatic rings. The molecule has 9 aliphatic rings. The Balaban J connectivity index is 0.000000252. The highest BCUT2D eigenvalue weighted by atomic mass is 15.2. The number of likely N-dealkylation sites (tertiary alicyclic amines) is 6. The van der Waals surface area contributed by atoms with Gasteiger partial charge in [-0.1, -0.05) is 86.5 Å². The van der Waals surface area contributed by atoms with E-state index >= 15 is 0 Å². The van der Waals surface area contributed by atoms with Gasteiger partial charge < -0.3 is 39.2 Å². The van der Waals surface area contributed by atoms with Crippen LogP contribution in [0, 0.1) is 29.6 Å². The number of hydrogen-bond acceptors (Lipinski definition) is 8. The van der Waals surface area contributed by atoms with Crippen molar-refractivity contribution in [3.63, 3.8) is 0 Å². The van der Waals surface area contributed by atoms with Crippen molar-refractivity contribution in [2.45, 2.75) is 182 Å². The first kappa shape index (κ1) is 59.8. The zero-order valence-corrected chi connectivity index (χ0v) is 45.9. The van der Waals surface area contributed by atoms with Gasteiger partial charge in [-0.15, -0.1) is 0 Å². The van der Waals surface area contributed by atoms with Gasteiger partial charge in [0, 0.05) is 32.2 Å². The van der Waals surface area contributed by atoms with Crippen LogP contribution in [0.1, 0.15) is 176 Å². The summed E-state index contributed by atoms with van der Waals surface area (Å²) in [6, 6.07) is 1.01. The summed E-state index contributed by atoms with van der Waals surface area (Å²) in [6.07, 6.45) is 30.2. The molecule has 8 heteroatoms. The van der Waals surface area contributed by atoms with Crippen LogP contribution in [-0.2, 0) is 0 Å². The minimum absolute atomic E-state index is 0.978. The van der Waals surface area contributed by atoms with Crippen LogP contribution in [0.2, 0.25) is 0 Å². The Morgan fingerprint density at radius 2 is 0.531 bits per heavy atom. The second-order valence-electron chi connectivity index (χ2n) is 23.1. The van der Waals surface area contributed by atoms with Crippen LogP contribution < -0.4 is 0 Å². The van der Waals surface area contributed by atoms with Crippen molar-refractivity contribution in [2.75, 3.05) is 154 Å². The van der Waals surface area contributed by atoms with E-state index in [0.717, 1.165) is 35.6 Å². The predicted octanol–water partition coefficient (Wildman–Crippen LogP) is 11.0. The Labute approximate surface area is 403 Å². The highest BCUT2D eigenvalue weighted by molar-refractivity contribution is 4.86. The van der Waals surface area contributed by atoms with Crippen LogP contribution >= 0.6 is 0 Å². The summed E-state index contributed by atoms with van der Waals surface area (Å²) in [5, 5.41) is 0. The normalized spacial score (nSPS) is 26.4. The number of piperidine rings is 6. The highest BCUT2D eigenvalue weighted by Crippen LogP contribution is 2.30. The number of rotatable bonds is 2. The molecule has 7 saturated heterocycles. The molecule has 0 bridgehead atoms. The fraction of sp³-hybridized carbons (Fsp3) is 1.00. The van der Waals surface area contributed by atoms with E-state index in [0.29, 0.717) is 0 Å². The number of piperazine rings is 1. The van der Waals surface area contributed by atoms with Gasteiger partial charge in [-0.05, 0) is 247 Å². The molecule has 7 aliphatic heterocycles. The average molecular weight is 904 g/mol. The van der Waals surface area contributed by atoms with Gasteiger partial charge in [-0.25, -0.2) is 0 Å². The minimum atomic E-state index is 0.978. The zero-order chi connectivity index (χ0) is 47.0. The Morgan fingerprint density at radius 1 is 0.266 bits per heavy atom. The fourth-order valence-corrected chi connectivity index (χ4v) is 9.80. The number of nitrogens with zero attached hydrogens (tertiary/aromatic N) is 8. The first-order valence-corrected chi connectivity index (χ1v) is 28.3. The third-order valence-electron chi connectivity index (χ3n) is 16.0. The summed E-state index contributed by atoms with van der Waals surface area (Å²) in [7, 11) is 13.1. The Morgan fingerprint density at radius 3 is 0.781 bits per heavy atom. The van der Waals surface area contributed by atoms with Gasteiger partial charge in [0.25, 0.3) is 0 Å². The van der Waals surface area contributed by atoms with E-state index < -0.39 is 0 Å². The lowest BCUT2D eigenvalue weighted by molar-refractivity contribution is 0.181. The summed E-state index contributed by atoms with van der Waals surface area (Å²) >= 11 is 0. The molecule has 0 amide bonds. The molecule has 0 spiro atoms. The average Bonchev–Trinajstić information content (AvgIpc) is 4.16. The number of likely N-dealkylation sites (N-methyl/N-ethyl adjacent to an activating group) is 2. The van der Waals surface area contributed by atoms with Crippen molar-refractivity contribution in [2.24, 2.45) is 29.6 Å². The molecule has 2 saturated carbocycles. The summed E-state index contributed by atoms with van der Waals surface area (Å²) < 4.78 is 0. The second kappa shape index (κ2) is 37.6. The van der Waals surface area contributed by atoms with Gasteiger partial charge in [-0.3, -0.25) is 0 Å². The first-order valence-electron chi connectivity index (χ1n) is 28.3. The van der Waals surface area contributed by atoms with Crippen molar-refractivity contribution >= 4 is 0 Å². The molecular formula is C56H118N8. The third kappa shape index (κ3) is 33.2. The van der Waals surface area contributed by atoms with E-state index in [4.69, 9.17) is 0 Å². The molecule has 382 valence electrons. The molecule has 0 radical (unpaired) electrons. The van der Waals surface area contributed by atoms with E-state index in [2.05, 4.69) is 123 Å². The predicted molar refractivity (Wildman–Crippen MR) is 285 cm³/mol. The van der Waals surface area contributed by atoms with Crippen LogP contribution in [0.3, 0.4) is 0 Å². The maximum Gasteiger partial charge on any atom is 0.0107 e. The van der Waals surface area contributed by atoms with Crippen LogP contribution in [-0.4, -0.2) is 199 Å². The third-order valence-corrected chi connectivity index (χ3v) is 16.0. The summed E-state index contributed by atoms with van der Waals surface area (Å²) in [5.41, 5.74) is 0. The maximum atomic E-state index is 2.68. The summed E-state index contributed by atoms with van der Waals surface area (Å²) in [5.74, 6) is 4.97. The lowest BCUT2D eigenvalue weighted by atomic mass is 9.91. The van der Waals surface area contributed by atoms with Gasteiger partial charge in [0.1, 0.15) is 0 Å². The molecule has 0 aromatic heterocycles. The first-order chi connectivity index (χ1) is 30.7. The molecule has 9 fully saturated rings. The van der Waals surface area contributed by atoms with E-state index in [-0.39, 0.29) is 0 Å². The van der Waals surface area contributed by atoms with Gasteiger partial charge in [0.05, 0.1) is 0 Å². The summed E-state index contributed by atoms with van der Waals surface area (Å²) in [6.45, 7) is 36.1. The molecule has 8 nitrogen and oxygen atoms in total. The Bertz CT molecular complexity index is 869. The van der Waals surface area contributed by atoms with Crippen LogP contribution in [0.5, 0.6) is 0 Å². The van der Waals surface area contributed by atoms with Crippen molar-refractivity contribution < 1.29 is 0 Å². The van der Waals surface area contributed by atoms with Crippen molar-refractivity contribution in [1.29, 1.82) is 0 Å². The fourth-order valence-electron chi connectivity index (χ4n) is 9.80. The van der Waals surface area contributed by atoms with E-state index in [1.54, 1.807) is 0 Å². The minimum Gasteiger partial charge on any atom is -0.306 e. The quantitative estimate of drug-likeness (QED) is 0.270. The summed E-state index contributed by atoms with van der Waals surface area (Å²) in [4.78, 5) is 19.5. The number of hydrogen-bond donors (Lipinski definition) is 0. The topological polar surface area (TPSA) is 25.9 Å². The van der Waals surface area contributed by atoms with E-state index in [1.165, 1.54) is 246 Å². The molecule has 64 heavy (non-hydrogen) atoms. The smallest absolute Gasteiger partial charge is 0.0107 e. The van der Waals surface area contributed by atoms with Crippen LogP contribution in [0.4, 0.5) is 0 Å². The molecule has 2 aliphatic carbocycles. The van der Waals surface area contributed by atoms with E-state index in [1.807, 2.05) is 0 Å². The lowest BCUT2D eigenvalue weighted by Crippen LogP contribution is -2.42. The molecule has 0 atom stereocenters. The Kier molecular flexibility index (Phi) is 35.1. The van der Waals surface area contributed by atoms with Crippen molar-refractivity contribution in [3.05, 3.63) is 0 Å². The molecular weight excluding hydrogens is 785 g/mol. The van der Waals surface area contributed by atoms with E-state index in [9.17, 15) is 0 Å². The lowest BCUT2D eigenvalue weighted by Gasteiger charge is -2.29. The maximum absolute atomic E-state index is 2.68. The van der Waals surface area contributed by atoms with Crippen molar-refractivity contribution in [1.82, 2.24) is 39.2 Å².